The lowest BCUT2D eigenvalue weighted by Crippen LogP contribution is -2.29. The molecule has 0 aromatic carbocycles. The maximum Gasteiger partial charge on any atom is 0.0780 e. The quantitative estimate of drug-likeness (QED) is 0.688. The highest BCUT2D eigenvalue weighted by molar-refractivity contribution is 9.09. The van der Waals surface area contributed by atoms with Crippen LogP contribution in [0.15, 0.2) is 0 Å². The lowest BCUT2D eigenvalue weighted by Gasteiger charge is -2.29. The lowest BCUT2D eigenvalue weighted by molar-refractivity contribution is -0.0192. The predicted octanol–water partition coefficient (Wildman–Crippen LogP) is 3.10. The zero-order valence-electron chi connectivity index (χ0n) is 9.97. The second-order valence-electron chi connectivity index (χ2n) is 4.82. The van der Waals surface area contributed by atoms with Gasteiger partial charge in [0.25, 0.3) is 0 Å². The number of rotatable bonds is 6. The van der Waals surface area contributed by atoms with Crippen LogP contribution >= 0.6 is 15.9 Å². The first-order valence-corrected chi connectivity index (χ1v) is 6.20. The van der Waals surface area contributed by atoms with Gasteiger partial charge in [0.15, 0.2) is 0 Å². The van der Waals surface area contributed by atoms with Gasteiger partial charge in [0.2, 0.25) is 0 Å². The molecule has 0 aromatic rings. The standard InChI is InChI=1S/C11H23BrO2/c1-9(7-13-5)14-8-10(6-12)11(2,3)4/h9-10H,6-8H2,1-5H3. The average Bonchev–Trinajstić information content (AvgIpc) is 2.03. The fraction of sp³-hybridized carbons (Fsp3) is 1.00. The van der Waals surface area contributed by atoms with Gasteiger partial charge in [-0.05, 0) is 18.3 Å². The summed E-state index contributed by atoms with van der Waals surface area (Å²) >= 11 is 3.53. The van der Waals surface area contributed by atoms with E-state index in [2.05, 4.69) is 36.7 Å². The Morgan fingerprint density at radius 3 is 2.14 bits per heavy atom. The van der Waals surface area contributed by atoms with Gasteiger partial charge in [0.05, 0.1) is 19.3 Å². The molecule has 0 radical (unpaired) electrons. The van der Waals surface area contributed by atoms with Crippen molar-refractivity contribution in [1.29, 1.82) is 0 Å². The molecule has 3 heteroatoms. The second-order valence-corrected chi connectivity index (χ2v) is 5.46. The normalized spacial score (nSPS) is 16.7. The summed E-state index contributed by atoms with van der Waals surface area (Å²) < 4.78 is 10.7. The van der Waals surface area contributed by atoms with Gasteiger partial charge in [-0.25, -0.2) is 0 Å². The molecule has 0 heterocycles. The summed E-state index contributed by atoms with van der Waals surface area (Å²) in [5.74, 6) is 0.543. The monoisotopic (exact) mass is 266 g/mol. The molecule has 0 saturated carbocycles. The Morgan fingerprint density at radius 1 is 1.21 bits per heavy atom. The van der Waals surface area contributed by atoms with E-state index in [1.54, 1.807) is 7.11 Å². The largest absolute Gasteiger partial charge is 0.382 e. The van der Waals surface area contributed by atoms with E-state index < -0.39 is 0 Å². The third kappa shape index (κ3) is 5.99. The van der Waals surface area contributed by atoms with Gasteiger partial charge in [-0.2, -0.15) is 0 Å². The number of hydrogen-bond donors (Lipinski definition) is 0. The van der Waals surface area contributed by atoms with Crippen LogP contribution in [0.3, 0.4) is 0 Å². The molecular formula is C11H23BrO2. The van der Waals surface area contributed by atoms with Crippen molar-refractivity contribution in [2.24, 2.45) is 11.3 Å². The van der Waals surface area contributed by atoms with Crippen molar-refractivity contribution in [2.75, 3.05) is 25.7 Å². The van der Waals surface area contributed by atoms with Gasteiger partial charge in [0, 0.05) is 12.4 Å². The third-order valence-corrected chi connectivity index (χ3v) is 3.18. The number of methoxy groups -OCH3 is 1. The molecule has 0 fully saturated rings. The molecule has 86 valence electrons. The maximum absolute atomic E-state index is 5.71. The lowest BCUT2D eigenvalue weighted by atomic mass is 9.83. The summed E-state index contributed by atoms with van der Waals surface area (Å²) in [5.41, 5.74) is 0.288. The molecule has 0 aromatic heterocycles. The van der Waals surface area contributed by atoms with Crippen molar-refractivity contribution >= 4 is 15.9 Å². The average molecular weight is 267 g/mol. The van der Waals surface area contributed by atoms with Crippen molar-refractivity contribution in [2.45, 2.75) is 33.8 Å². The molecule has 14 heavy (non-hydrogen) atoms. The van der Waals surface area contributed by atoms with E-state index in [-0.39, 0.29) is 11.5 Å². The minimum absolute atomic E-state index is 0.184. The van der Waals surface area contributed by atoms with Crippen molar-refractivity contribution in [1.82, 2.24) is 0 Å². The molecule has 0 bridgehead atoms. The minimum atomic E-state index is 0.184. The Morgan fingerprint density at radius 2 is 1.79 bits per heavy atom. The molecule has 0 N–H and O–H groups in total. The van der Waals surface area contributed by atoms with E-state index in [1.807, 2.05) is 6.92 Å². The predicted molar refractivity (Wildman–Crippen MR) is 64.0 cm³/mol. The molecule has 0 rings (SSSR count). The summed E-state index contributed by atoms with van der Waals surface area (Å²) in [7, 11) is 1.70. The minimum Gasteiger partial charge on any atom is -0.382 e. The maximum atomic E-state index is 5.71. The van der Waals surface area contributed by atoms with Crippen molar-refractivity contribution in [3.63, 3.8) is 0 Å². The van der Waals surface area contributed by atoms with E-state index in [0.717, 1.165) is 11.9 Å². The first-order valence-electron chi connectivity index (χ1n) is 5.08. The Labute approximate surface area is 96.5 Å². The van der Waals surface area contributed by atoms with Gasteiger partial charge in [0.1, 0.15) is 0 Å². The third-order valence-electron chi connectivity index (χ3n) is 2.39. The smallest absolute Gasteiger partial charge is 0.0780 e. The molecule has 0 aliphatic carbocycles. The summed E-state index contributed by atoms with van der Waals surface area (Å²) in [6.07, 6.45) is 0.184. The molecular weight excluding hydrogens is 244 g/mol. The Kier molecular flexibility index (Phi) is 7.00. The van der Waals surface area contributed by atoms with E-state index in [0.29, 0.717) is 12.5 Å². The van der Waals surface area contributed by atoms with E-state index in [4.69, 9.17) is 9.47 Å². The fourth-order valence-corrected chi connectivity index (χ4v) is 2.25. The van der Waals surface area contributed by atoms with Crippen LogP contribution in [0.4, 0.5) is 0 Å². The van der Waals surface area contributed by atoms with Gasteiger partial charge in [-0.15, -0.1) is 0 Å². The van der Waals surface area contributed by atoms with Crippen LogP contribution in [0.2, 0.25) is 0 Å². The van der Waals surface area contributed by atoms with Crippen molar-refractivity contribution in [3.05, 3.63) is 0 Å². The van der Waals surface area contributed by atoms with Crippen LogP contribution in [-0.2, 0) is 9.47 Å². The number of alkyl halides is 1. The highest BCUT2D eigenvalue weighted by atomic mass is 79.9. The fourth-order valence-electron chi connectivity index (χ4n) is 1.09. The molecule has 2 nitrogen and oxygen atoms in total. The first kappa shape index (κ1) is 14.4. The van der Waals surface area contributed by atoms with Gasteiger partial charge >= 0.3 is 0 Å². The zero-order valence-corrected chi connectivity index (χ0v) is 11.6. The van der Waals surface area contributed by atoms with Crippen LogP contribution in [0.25, 0.3) is 0 Å². The molecule has 0 saturated heterocycles. The zero-order chi connectivity index (χ0) is 11.2. The molecule has 2 unspecified atom stereocenters. The van der Waals surface area contributed by atoms with E-state index in [9.17, 15) is 0 Å². The number of hydrogen-bond acceptors (Lipinski definition) is 2. The Bertz CT molecular complexity index is 143. The van der Waals surface area contributed by atoms with Crippen LogP contribution in [0.1, 0.15) is 27.7 Å². The Hall–Kier alpha value is 0.400. The van der Waals surface area contributed by atoms with Crippen molar-refractivity contribution < 1.29 is 9.47 Å². The van der Waals surface area contributed by atoms with Crippen LogP contribution in [0.5, 0.6) is 0 Å². The Balaban J connectivity index is 3.84. The highest BCUT2D eigenvalue weighted by Crippen LogP contribution is 2.27. The van der Waals surface area contributed by atoms with Crippen molar-refractivity contribution in [3.8, 4) is 0 Å². The summed E-state index contributed by atoms with van der Waals surface area (Å²) in [6.45, 7) is 10.2. The summed E-state index contributed by atoms with van der Waals surface area (Å²) in [5, 5.41) is 0.982. The molecule has 0 aliphatic rings. The van der Waals surface area contributed by atoms with Gasteiger partial charge in [-0.1, -0.05) is 36.7 Å². The number of halogens is 1. The SMILES string of the molecule is COCC(C)OCC(CBr)C(C)(C)C. The van der Waals surface area contributed by atoms with Crippen LogP contribution in [-0.4, -0.2) is 31.8 Å². The summed E-state index contributed by atoms with van der Waals surface area (Å²) in [4.78, 5) is 0. The topological polar surface area (TPSA) is 18.5 Å². The number of ether oxygens (including phenoxy) is 2. The molecule has 2 atom stereocenters. The van der Waals surface area contributed by atoms with E-state index >= 15 is 0 Å². The molecule has 0 aliphatic heterocycles. The van der Waals surface area contributed by atoms with Crippen LogP contribution in [0, 0.1) is 11.3 Å². The second kappa shape index (κ2) is 6.81. The molecule has 0 amide bonds. The molecule has 0 spiro atoms. The highest BCUT2D eigenvalue weighted by Gasteiger charge is 2.24. The van der Waals surface area contributed by atoms with Crippen LogP contribution < -0.4 is 0 Å². The van der Waals surface area contributed by atoms with E-state index in [1.165, 1.54) is 0 Å². The first-order chi connectivity index (χ1) is 6.41. The summed E-state index contributed by atoms with van der Waals surface area (Å²) in [6, 6.07) is 0. The van der Waals surface area contributed by atoms with Gasteiger partial charge < -0.3 is 9.47 Å². The van der Waals surface area contributed by atoms with Gasteiger partial charge in [-0.3, -0.25) is 0 Å².